The molecule has 1 aromatic heterocycles. The summed E-state index contributed by atoms with van der Waals surface area (Å²) in [5.74, 6) is 0.793. The first kappa shape index (κ1) is 16.5. The van der Waals surface area contributed by atoms with E-state index in [-0.39, 0.29) is 6.42 Å². The Morgan fingerprint density at radius 1 is 1.20 bits per heavy atom. The number of nitrogens with zero attached hydrogens (tertiary/aromatic N) is 3. The number of anilines is 1. The number of aryl methyl sites for hydroxylation is 1. The van der Waals surface area contributed by atoms with Gasteiger partial charge in [-0.3, -0.25) is 0 Å². The highest BCUT2D eigenvalue weighted by molar-refractivity contribution is 6.40. The summed E-state index contributed by atoms with van der Waals surface area (Å²) in [7, 11) is 0. The van der Waals surface area contributed by atoms with Gasteiger partial charge in [0.1, 0.15) is 5.52 Å². The lowest BCUT2D eigenvalue weighted by Gasteiger charge is -2.17. The van der Waals surface area contributed by atoms with Crippen molar-refractivity contribution in [1.82, 2.24) is 9.55 Å². The van der Waals surface area contributed by atoms with Crippen LogP contribution in [0.15, 0.2) is 24.3 Å². The molecule has 0 unspecified atom stereocenters. The van der Waals surface area contributed by atoms with E-state index in [1.54, 1.807) is 12.1 Å². The maximum absolute atomic E-state index is 9.27. The summed E-state index contributed by atoms with van der Waals surface area (Å²) >= 11 is 19.1. The minimum atomic E-state index is 0.275. The van der Waals surface area contributed by atoms with Crippen molar-refractivity contribution >= 4 is 51.8 Å². The molecule has 4 nitrogen and oxygen atoms in total. The monoisotopic (exact) mass is 390 g/mol. The molecule has 0 radical (unpaired) electrons. The maximum atomic E-state index is 9.27. The van der Waals surface area contributed by atoms with Gasteiger partial charge < -0.3 is 9.88 Å². The summed E-state index contributed by atoms with van der Waals surface area (Å²) in [6, 6.07) is 9.46. The molecule has 25 heavy (non-hydrogen) atoms. The second kappa shape index (κ2) is 6.42. The summed E-state index contributed by atoms with van der Waals surface area (Å²) in [5.41, 5.74) is 4.04. The molecule has 3 aromatic rings. The van der Waals surface area contributed by atoms with Crippen molar-refractivity contribution in [2.24, 2.45) is 0 Å². The van der Waals surface area contributed by atoms with Gasteiger partial charge in [0, 0.05) is 34.3 Å². The van der Waals surface area contributed by atoms with Gasteiger partial charge in [-0.15, -0.1) is 0 Å². The summed E-state index contributed by atoms with van der Waals surface area (Å²) in [4.78, 5) is 4.67. The van der Waals surface area contributed by atoms with Crippen LogP contribution < -0.4 is 5.32 Å². The molecule has 0 fully saturated rings. The van der Waals surface area contributed by atoms with Crippen LogP contribution in [-0.4, -0.2) is 16.1 Å². The zero-order chi connectivity index (χ0) is 17.6. The van der Waals surface area contributed by atoms with E-state index in [2.05, 4.69) is 20.9 Å². The molecule has 2 heterocycles. The number of nitriles is 1. The fourth-order valence-corrected chi connectivity index (χ4v) is 4.08. The maximum Gasteiger partial charge on any atom is 0.203 e. The zero-order valence-corrected chi connectivity index (χ0v) is 15.4. The minimum absolute atomic E-state index is 0.275. The molecule has 1 aliphatic rings. The normalized spacial score (nSPS) is 13.4. The fraction of sp³-hybridized carbons (Fsp3) is 0.222. The van der Waals surface area contributed by atoms with Gasteiger partial charge in [0.25, 0.3) is 0 Å². The second-order valence-corrected chi connectivity index (χ2v) is 7.14. The van der Waals surface area contributed by atoms with E-state index < -0.39 is 0 Å². The number of hydrogen-bond acceptors (Lipinski definition) is 3. The lowest BCUT2D eigenvalue weighted by Crippen LogP contribution is -2.17. The molecule has 0 saturated heterocycles. The molecule has 126 valence electrons. The zero-order valence-electron chi connectivity index (χ0n) is 13.1. The van der Waals surface area contributed by atoms with E-state index >= 15 is 0 Å². The Hall–Kier alpha value is -1.93. The van der Waals surface area contributed by atoms with Crippen LogP contribution in [0, 0.1) is 11.3 Å². The molecule has 0 atom stereocenters. The summed E-state index contributed by atoms with van der Waals surface area (Å²) < 4.78 is 2.10. The third-order valence-electron chi connectivity index (χ3n) is 4.37. The number of benzene rings is 2. The number of aromatic nitrogens is 2. The molecule has 0 aliphatic carbocycles. The molecular weight excluding hydrogens is 379 g/mol. The molecule has 7 heteroatoms. The highest BCUT2D eigenvalue weighted by atomic mass is 35.5. The Kier molecular flexibility index (Phi) is 4.24. The number of hydrogen-bond donors (Lipinski definition) is 1. The average Bonchev–Trinajstić information content (AvgIpc) is 2.98. The van der Waals surface area contributed by atoms with Gasteiger partial charge in [0.05, 0.1) is 23.0 Å². The molecule has 1 N–H and O–H groups in total. The summed E-state index contributed by atoms with van der Waals surface area (Å²) in [5, 5.41) is 14.2. The first-order chi connectivity index (χ1) is 12.1. The summed E-state index contributed by atoms with van der Waals surface area (Å²) in [6.45, 7) is 1.74. The largest absolute Gasteiger partial charge is 0.356 e. The third kappa shape index (κ3) is 2.73. The van der Waals surface area contributed by atoms with Crippen molar-refractivity contribution in [2.75, 3.05) is 11.9 Å². The molecule has 0 saturated carbocycles. The van der Waals surface area contributed by atoms with Crippen molar-refractivity contribution in [1.29, 1.82) is 5.26 Å². The molecule has 0 bridgehead atoms. The van der Waals surface area contributed by atoms with Crippen molar-refractivity contribution in [2.45, 2.75) is 19.4 Å². The van der Waals surface area contributed by atoms with E-state index in [0.29, 0.717) is 20.6 Å². The van der Waals surface area contributed by atoms with E-state index in [1.807, 2.05) is 12.1 Å². The molecular formula is C18H13Cl3N4. The first-order valence-corrected chi connectivity index (χ1v) is 9.01. The van der Waals surface area contributed by atoms with Crippen molar-refractivity contribution in [3.63, 3.8) is 0 Å². The Bertz CT molecular complexity index is 1030. The van der Waals surface area contributed by atoms with Gasteiger partial charge in [-0.05, 0) is 30.2 Å². The summed E-state index contributed by atoms with van der Waals surface area (Å²) in [6.07, 6.45) is 1.28. The predicted octanol–water partition coefficient (Wildman–Crippen LogP) is 5.55. The first-order valence-electron chi connectivity index (χ1n) is 7.88. The van der Waals surface area contributed by atoms with Crippen molar-refractivity contribution in [3.05, 3.63) is 44.9 Å². The Balaban J connectivity index is 2.04. The number of rotatable bonds is 2. The SMILES string of the molecule is N#CCc1cc(-c2ccc(Cl)cc2Cl)c(Cl)c2nc3n(c12)CCCN3. The quantitative estimate of drug-likeness (QED) is 0.623. The van der Waals surface area contributed by atoms with Crippen LogP contribution in [0.1, 0.15) is 12.0 Å². The van der Waals surface area contributed by atoms with Gasteiger partial charge >= 0.3 is 0 Å². The Morgan fingerprint density at radius 3 is 2.80 bits per heavy atom. The smallest absolute Gasteiger partial charge is 0.203 e. The van der Waals surface area contributed by atoms with E-state index in [4.69, 9.17) is 34.8 Å². The number of fused-ring (bicyclic) bond motifs is 3. The van der Waals surface area contributed by atoms with E-state index in [1.165, 1.54) is 0 Å². The predicted molar refractivity (Wildman–Crippen MR) is 103 cm³/mol. The minimum Gasteiger partial charge on any atom is -0.356 e. The van der Waals surface area contributed by atoms with Gasteiger partial charge in [-0.25, -0.2) is 4.98 Å². The van der Waals surface area contributed by atoms with E-state index in [9.17, 15) is 5.26 Å². The third-order valence-corrected chi connectivity index (χ3v) is 5.30. The molecule has 0 spiro atoms. The highest BCUT2D eigenvalue weighted by Gasteiger charge is 2.22. The van der Waals surface area contributed by atoms with Crippen molar-refractivity contribution < 1.29 is 0 Å². The fourth-order valence-electron chi connectivity index (χ4n) is 3.28. The lowest BCUT2D eigenvalue weighted by atomic mass is 10.00. The lowest BCUT2D eigenvalue weighted by molar-refractivity contribution is 0.641. The molecule has 1 aliphatic heterocycles. The van der Waals surface area contributed by atoms with Crippen LogP contribution >= 0.6 is 34.8 Å². The van der Waals surface area contributed by atoms with Crippen LogP contribution in [0.25, 0.3) is 22.2 Å². The number of halogens is 3. The topological polar surface area (TPSA) is 53.6 Å². The van der Waals surface area contributed by atoms with Crippen LogP contribution in [-0.2, 0) is 13.0 Å². The average molecular weight is 392 g/mol. The highest BCUT2D eigenvalue weighted by Crippen LogP contribution is 2.41. The van der Waals surface area contributed by atoms with Crippen LogP contribution in [0.3, 0.4) is 0 Å². The standard InChI is InChI=1S/C18H13Cl3N4/c19-11-2-3-12(14(20)9-11)13-8-10(4-5-22)17-16(15(13)21)24-18-23-6-1-7-25(17)18/h2-3,8-9H,1,4,6-7H2,(H,23,24). The molecule has 4 rings (SSSR count). The second-order valence-electron chi connectivity index (χ2n) is 5.92. The number of nitrogens with one attached hydrogen (secondary N) is 1. The van der Waals surface area contributed by atoms with Crippen molar-refractivity contribution in [3.8, 4) is 17.2 Å². The molecule has 0 amide bonds. The number of imidazole rings is 1. The van der Waals surface area contributed by atoms with Gasteiger partial charge in [-0.2, -0.15) is 5.26 Å². The van der Waals surface area contributed by atoms with Crippen LogP contribution in [0.5, 0.6) is 0 Å². The van der Waals surface area contributed by atoms with Gasteiger partial charge in [0.15, 0.2) is 0 Å². The van der Waals surface area contributed by atoms with E-state index in [0.717, 1.165) is 47.7 Å². The van der Waals surface area contributed by atoms with Gasteiger partial charge in [-0.1, -0.05) is 40.9 Å². The van der Waals surface area contributed by atoms with Crippen LogP contribution in [0.4, 0.5) is 5.95 Å². The Morgan fingerprint density at radius 2 is 2.04 bits per heavy atom. The van der Waals surface area contributed by atoms with Crippen LogP contribution in [0.2, 0.25) is 15.1 Å². The molecule has 2 aromatic carbocycles. The van der Waals surface area contributed by atoms with Gasteiger partial charge in [0.2, 0.25) is 5.95 Å². The Labute approximate surface area is 159 Å².